The van der Waals surface area contributed by atoms with Crippen molar-refractivity contribution in [3.63, 3.8) is 0 Å². The molecule has 4 nitrogen and oxygen atoms in total. The zero-order valence-corrected chi connectivity index (χ0v) is 12.3. The molecule has 2 rings (SSSR count). The minimum absolute atomic E-state index is 0.0251. The summed E-state index contributed by atoms with van der Waals surface area (Å²) in [6.45, 7) is 6.86. The predicted octanol–water partition coefficient (Wildman–Crippen LogP) is 2.60. The minimum Gasteiger partial charge on any atom is -0.508 e. The van der Waals surface area contributed by atoms with E-state index < -0.39 is 0 Å². The van der Waals surface area contributed by atoms with Gasteiger partial charge in [0.25, 0.3) is 0 Å². The highest BCUT2D eigenvalue weighted by molar-refractivity contribution is 5.94. The molecule has 1 unspecified atom stereocenters. The van der Waals surface area contributed by atoms with Gasteiger partial charge in [-0.3, -0.25) is 9.69 Å². The van der Waals surface area contributed by atoms with Gasteiger partial charge in [-0.1, -0.05) is 0 Å². The van der Waals surface area contributed by atoms with Crippen LogP contribution >= 0.6 is 0 Å². The first kappa shape index (κ1) is 15.0. The molecular formula is C16H23NO3. The van der Waals surface area contributed by atoms with Crippen LogP contribution in [0.5, 0.6) is 5.75 Å². The zero-order chi connectivity index (χ0) is 14.5. The topological polar surface area (TPSA) is 49.8 Å². The van der Waals surface area contributed by atoms with E-state index in [9.17, 15) is 9.90 Å². The van der Waals surface area contributed by atoms with Crippen LogP contribution in [0, 0.1) is 0 Å². The number of phenols is 1. The molecule has 1 saturated heterocycles. The molecule has 1 fully saturated rings. The predicted molar refractivity (Wildman–Crippen MR) is 78.0 cm³/mol. The molecule has 1 aromatic rings. The second-order valence-electron chi connectivity index (χ2n) is 5.35. The van der Waals surface area contributed by atoms with Crippen LogP contribution in [0.25, 0.3) is 0 Å². The number of hydrogen-bond acceptors (Lipinski definition) is 4. The van der Waals surface area contributed by atoms with Crippen molar-refractivity contribution in [2.75, 3.05) is 19.7 Å². The second-order valence-corrected chi connectivity index (χ2v) is 5.35. The molecule has 4 heteroatoms. The Kier molecular flexibility index (Phi) is 5.15. The first-order chi connectivity index (χ1) is 9.60. The van der Waals surface area contributed by atoms with E-state index in [4.69, 9.17) is 4.74 Å². The van der Waals surface area contributed by atoms with E-state index in [0.717, 1.165) is 38.1 Å². The first-order valence-corrected chi connectivity index (χ1v) is 7.27. The summed E-state index contributed by atoms with van der Waals surface area (Å²) in [6, 6.07) is 5.07. The van der Waals surface area contributed by atoms with E-state index in [1.54, 1.807) is 25.1 Å². The Morgan fingerprint density at radius 2 is 2.30 bits per heavy atom. The number of carbonyl (C=O) groups excluding carboxylic acids is 1. The first-order valence-electron chi connectivity index (χ1n) is 7.27. The number of rotatable bonds is 5. The molecule has 0 aliphatic carbocycles. The van der Waals surface area contributed by atoms with Crippen molar-refractivity contribution in [1.82, 2.24) is 4.90 Å². The number of Topliss-reactive ketones (excluding diaryl/α,β-unsaturated/α-hetero) is 1. The maximum Gasteiger partial charge on any atom is 0.159 e. The van der Waals surface area contributed by atoms with Crippen molar-refractivity contribution in [3.8, 4) is 5.75 Å². The van der Waals surface area contributed by atoms with E-state index in [2.05, 4.69) is 4.90 Å². The van der Waals surface area contributed by atoms with Gasteiger partial charge in [0, 0.05) is 30.8 Å². The Bertz CT molecular complexity index is 471. The smallest absolute Gasteiger partial charge is 0.159 e. The Balaban J connectivity index is 2.05. The maximum absolute atomic E-state index is 11.4. The molecule has 0 spiro atoms. The summed E-state index contributed by atoms with van der Waals surface area (Å²) in [4.78, 5) is 13.7. The lowest BCUT2D eigenvalue weighted by molar-refractivity contribution is 0.00345. The number of nitrogens with zero attached hydrogens (tertiary/aromatic N) is 1. The molecule has 20 heavy (non-hydrogen) atoms. The Morgan fingerprint density at radius 3 is 3.00 bits per heavy atom. The van der Waals surface area contributed by atoms with Gasteiger partial charge in [-0.25, -0.2) is 0 Å². The fourth-order valence-electron chi connectivity index (χ4n) is 2.70. The van der Waals surface area contributed by atoms with Crippen LogP contribution in [0.1, 0.15) is 42.6 Å². The van der Waals surface area contributed by atoms with Gasteiger partial charge in [0.05, 0.1) is 6.10 Å². The van der Waals surface area contributed by atoms with Crippen LogP contribution in [-0.2, 0) is 11.3 Å². The van der Waals surface area contributed by atoms with Gasteiger partial charge >= 0.3 is 0 Å². The third-order valence-corrected chi connectivity index (χ3v) is 3.74. The Hall–Kier alpha value is -1.39. The molecule has 1 atom stereocenters. The molecule has 110 valence electrons. The van der Waals surface area contributed by atoms with E-state index in [1.807, 2.05) is 6.92 Å². The highest BCUT2D eigenvalue weighted by Gasteiger charge is 2.21. The summed E-state index contributed by atoms with van der Waals surface area (Å²) in [7, 11) is 0. The highest BCUT2D eigenvalue weighted by Crippen LogP contribution is 2.23. The number of benzene rings is 1. The fraction of sp³-hybridized carbons (Fsp3) is 0.562. The average molecular weight is 277 g/mol. The lowest BCUT2D eigenvalue weighted by atomic mass is 10.0. The number of ketones is 1. The standard InChI is InChI=1S/C16H23NO3/c1-3-20-15-5-4-8-17(11-15)10-14-9-13(12(2)18)6-7-16(14)19/h6-7,9,15,19H,3-5,8,10-11H2,1-2H3. The van der Waals surface area contributed by atoms with Gasteiger partial charge in [0.1, 0.15) is 5.75 Å². The summed E-state index contributed by atoms with van der Waals surface area (Å²) in [5.74, 6) is 0.283. The van der Waals surface area contributed by atoms with E-state index in [0.29, 0.717) is 12.1 Å². The summed E-state index contributed by atoms with van der Waals surface area (Å²) in [5.41, 5.74) is 1.46. The van der Waals surface area contributed by atoms with Crippen molar-refractivity contribution in [2.45, 2.75) is 39.3 Å². The molecule has 0 radical (unpaired) electrons. The van der Waals surface area contributed by atoms with Gasteiger partial charge in [-0.15, -0.1) is 0 Å². The summed E-state index contributed by atoms with van der Waals surface area (Å²) < 4.78 is 5.68. The number of likely N-dealkylation sites (tertiary alicyclic amines) is 1. The molecule has 1 aliphatic heterocycles. The third kappa shape index (κ3) is 3.81. The van der Waals surface area contributed by atoms with Crippen molar-refractivity contribution in [1.29, 1.82) is 0 Å². The molecular weight excluding hydrogens is 254 g/mol. The number of carbonyl (C=O) groups is 1. The largest absolute Gasteiger partial charge is 0.508 e. The van der Waals surface area contributed by atoms with Gasteiger partial charge in [-0.05, 0) is 51.4 Å². The molecule has 0 saturated carbocycles. The summed E-state index contributed by atoms with van der Waals surface area (Å²) in [6.07, 6.45) is 2.49. The van der Waals surface area contributed by atoms with E-state index in [1.165, 1.54) is 0 Å². The lowest BCUT2D eigenvalue weighted by Gasteiger charge is -2.32. The number of phenolic OH excluding ortho intramolecular Hbond substituents is 1. The van der Waals surface area contributed by atoms with Crippen LogP contribution in [0.3, 0.4) is 0 Å². The molecule has 1 heterocycles. The molecule has 0 amide bonds. The van der Waals surface area contributed by atoms with Crippen LogP contribution in [0.4, 0.5) is 0 Å². The molecule has 1 aliphatic rings. The minimum atomic E-state index is 0.0251. The van der Waals surface area contributed by atoms with Crippen LogP contribution in [0.2, 0.25) is 0 Å². The molecule has 1 N–H and O–H groups in total. The van der Waals surface area contributed by atoms with E-state index >= 15 is 0 Å². The lowest BCUT2D eigenvalue weighted by Crippen LogP contribution is -2.39. The molecule has 0 aromatic heterocycles. The second kappa shape index (κ2) is 6.86. The summed E-state index contributed by atoms with van der Waals surface area (Å²) >= 11 is 0. The van der Waals surface area contributed by atoms with Crippen molar-refractivity contribution in [2.24, 2.45) is 0 Å². The van der Waals surface area contributed by atoms with Crippen LogP contribution in [0.15, 0.2) is 18.2 Å². The van der Waals surface area contributed by atoms with Gasteiger partial charge < -0.3 is 9.84 Å². The number of hydrogen-bond donors (Lipinski definition) is 1. The summed E-state index contributed by atoms with van der Waals surface area (Å²) in [5, 5.41) is 9.95. The number of piperidine rings is 1. The van der Waals surface area contributed by atoms with Crippen LogP contribution in [-0.4, -0.2) is 41.6 Å². The Morgan fingerprint density at radius 1 is 1.50 bits per heavy atom. The van der Waals surface area contributed by atoms with Gasteiger partial charge in [0.2, 0.25) is 0 Å². The quantitative estimate of drug-likeness (QED) is 0.840. The highest BCUT2D eigenvalue weighted by atomic mass is 16.5. The van der Waals surface area contributed by atoms with Crippen molar-refractivity contribution < 1.29 is 14.6 Å². The van der Waals surface area contributed by atoms with Crippen molar-refractivity contribution >= 4 is 5.78 Å². The maximum atomic E-state index is 11.4. The third-order valence-electron chi connectivity index (χ3n) is 3.74. The average Bonchev–Trinajstić information content (AvgIpc) is 2.42. The van der Waals surface area contributed by atoms with Gasteiger partial charge in [0.15, 0.2) is 5.78 Å². The normalized spacial score (nSPS) is 20.0. The Labute approximate surface area is 120 Å². The van der Waals surface area contributed by atoms with Crippen LogP contribution < -0.4 is 0 Å². The monoisotopic (exact) mass is 277 g/mol. The SMILES string of the molecule is CCOC1CCCN(Cc2cc(C(C)=O)ccc2O)C1. The van der Waals surface area contributed by atoms with E-state index in [-0.39, 0.29) is 17.6 Å². The fourth-order valence-corrected chi connectivity index (χ4v) is 2.70. The molecule has 1 aromatic carbocycles. The number of aromatic hydroxyl groups is 1. The zero-order valence-electron chi connectivity index (χ0n) is 12.3. The number of ether oxygens (including phenoxy) is 1. The molecule has 0 bridgehead atoms. The van der Waals surface area contributed by atoms with Crippen molar-refractivity contribution in [3.05, 3.63) is 29.3 Å². The van der Waals surface area contributed by atoms with Gasteiger partial charge in [-0.2, -0.15) is 0 Å².